The quantitative estimate of drug-likeness (QED) is 0.508. The molecule has 2 aliphatic rings. The Kier molecular flexibility index (Phi) is 5.83. The average Bonchev–Trinajstić information content (AvgIpc) is 3.21. The summed E-state index contributed by atoms with van der Waals surface area (Å²) in [6.45, 7) is 3.14. The van der Waals surface area contributed by atoms with Gasteiger partial charge in [-0.1, -0.05) is 0 Å². The van der Waals surface area contributed by atoms with Gasteiger partial charge < -0.3 is 23.7 Å². The lowest BCUT2D eigenvalue weighted by molar-refractivity contribution is 0.0506. The smallest absolute Gasteiger partial charge is 0.231 e. The molecule has 0 saturated heterocycles. The maximum absolute atomic E-state index is 13.2. The van der Waals surface area contributed by atoms with Crippen LogP contribution in [0.3, 0.4) is 0 Å². The van der Waals surface area contributed by atoms with Crippen LogP contribution in [-0.4, -0.2) is 52.1 Å². The first-order valence-corrected chi connectivity index (χ1v) is 9.98. The Hall–Kier alpha value is -2.77. The number of aryl methyl sites for hydroxylation is 1. The van der Waals surface area contributed by atoms with Gasteiger partial charge in [-0.3, -0.25) is 9.69 Å². The van der Waals surface area contributed by atoms with Gasteiger partial charge in [0.1, 0.15) is 5.75 Å². The lowest BCUT2D eigenvalue weighted by atomic mass is 9.87. The monoisotopic (exact) mass is 413 g/mol. The van der Waals surface area contributed by atoms with Crippen molar-refractivity contribution in [3.8, 4) is 23.0 Å². The highest BCUT2D eigenvalue weighted by molar-refractivity contribution is 5.97. The van der Waals surface area contributed by atoms with Gasteiger partial charge in [0.2, 0.25) is 12.5 Å². The molecule has 7 heteroatoms. The van der Waals surface area contributed by atoms with Crippen LogP contribution in [0.15, 0.2) is 24.3 Å². The summed E-state index contributed by atoms with van der Waals surface area (Å²) in [5.74, 6) is 2.79. The fourth-order valence-corrected chi connectivity index (χ4v) is 4.18. The van der Waals surface area contributed by atoms with Crippen molar-refractivity contribution in [2.24, 2.45) is 0 Å². The lowest BCUT2D eigenvalue weighted by Crippen LogP contribution is -2.34. The third-order valence-electron chi connectivity index (χ3n) is 5.75. The molecule has 0 fully saturated rings. The van der Waals surface area contributed by atoms with Crippen LogP contribution in [0.2, 0.25) is 0 Å². The van der Waals surface area contributed by atoms with E-state index in [-0.39, 0.29) is 25.4 Å². The SMILES string of the molecule is COCOc1ccc(C(=O)CC2c3c(cc4c(c3OC)OCO4)CCN2C)cc1C. The molecule has 0 aliphatic carbocycles. The van der Waals surface area contributed by atoms with Crippen LogP contribution in [0.1, 0.15) is 39.5 Å². The van der Waals surface area contributed by atoms with Crippen molar-refractivity contribution in [2.75, 3.05) is 41.4 Å². The second-order valence-corrected chi connectivity index (χ2v) is 7.62. The minimum atomic E-state index is -0.101. The molecular weight excluding hydrogens is 386 g/mol. The van der Waals surface area contributed by atoms with E-state index in [9.17, 15) is 4.79 Å². The van der Waals surface area contributed by atoms with Gasteiger partial charge in [0, 0.05) is 37.2 Å². The first-order chi connectivity index (χ1) is 14.5. The number of carbonyl (C=O) groups excluding carboxylic acids is 1. The van der Waals surface area contributed by atoms with Crippen molar-refractivity contribution in [2.45, 2.75) is 25.8 Å². The van der Waals surface area contributed by atoms with Crippen LogP contribution in [0, 0.1) is 6.92 Å². The molecule has 0 radical (unpaired) electrons. The van der Waals surface area contributed by atoms with Crippen molar-refractivity contribution in [1.29, 1.82) is 0 Å². The van der Waals surface area contributed by atoms with Gasteiger partial charge in [0.15, 0.2) is 24.1 Å². The first kappa shape index (κ1) is 20.5. The Morgan fingerprint density at radius 1 is 1.23 bits per heavy atom. The summed E-state index contributed by atoms with van der Waals surface area (Å²) >= 11 is 0. The minimum Gasteiger partial charge on any atom is -0.492 e. The van der Waals surface area contributed by atoms with Crippen molar-refractivity contribution in [3.05, 3.63) is 46.5 Å². The highest BCUT2D eigenvalue weighted by Gasteiger charge is 2.35. The molecule has 2 aliphatic heterocycles. The highest BCUT2D eigenvalue weighted by atomic mass is 16.7. The van der Waals surface area contributed by atoms with Crippen molar-refractivity contribution < 1.29 is 28.5 Å². The third kappa shape index (κ3) is 3.70. The molecule has 0 aromatic heterocycles. The molecule has 2 aromatic carbocycles. The van der Waals surface area contributed by atoms with Crippen LogP contribution in [0.4, 0.5) is 0 Å². The zero-order chi connectivity index (χ0) is 21.3. The van der Waals surface area contributed by atoms with E-state index >= 15 is 0 Å². The van der Waals surface area contributed by atoms with Gasteiger partial charge in [-0.05, 0) is 55.8 Å². The number of methoxy groups -OCH3 is 2. The summed E-state index contributed by atoms with van der Waals surface area (Å²) in [4.78, 5) is 15.4. The van der Waals surface area contributed by atoms with E-state index in [0.717, 1.165) is 29.7 Å². The molecule has 1 unspecified atom stereocenters. The van der Waals surface area contributed by atoms with E-state index in [0.29, 0.717) is 35.0 Å². The van der Waals surface area contributed by atoms with Gasteiger partial charge in [0.25, 0.3) is 0 Å². The van der Waals surface area contributed by atoms with Crippen molar-refractivity contribution >= 4 is 5.78 Å². The number of likely N-dealkylation sites (N-methyl/N-ethyl adjacent to an activating group) is 1. The molecule has 160 valence electrons. The van der Waals surface area contributed by atoms with Crippen LogP contribution in [0.5, 0.6) is 23.0 Å². The number of fused-ring (bicyclic) bond motifs is 2. The van der Waals surface area contributed by atoms with E-state index in [4.69, 9.17) is 23.7 Å². The molecule has 0 amide bonds. The molecule has 0 N–H and O–H groups in total. The van der Waals surface area contributed by atoms with Gasteiger partial charge >= 0.3 is 0 Å². The number of benzene rings is 2. The Morgan fingerprint density at radius 2 is 2.07 bits per heavy atom. The topological polar surface area (TPSA) is 66.5 Å². The first-order valence-electron chi connectivity index (χ1n) is 9.98. The zero-order valence-corrected chi connectivity index (χ0v) is 17.8. The summed E-state index contributed by atoms with van der Waals surface area (Å²) in [6.07, 6.45) is 1.21. The van der Waals surface area contributed by atoms with Crippen molar-refractivity contribution in [3.63, 3.8) is 0 Å². The minimum absolute atomic E-state index is 0.0702. The number of ether oxygens (including phenoxy) is 5. The molecule has 0 bridgehead atoms. The molecule has 30 heavy (non-hydrogen) atoms. The molecule has 0 spiro atoms. The molecule has 2 heterocycles. The van der Waals surface area contributed by atoms with Crippen molar-refractivity contribution in [1.82, 2.24) is 4.90 Å². The maximum Gasteiger partial charge on any atom is 0.231 e. The Balaban J connectivity index is 1.63. The van der Waals surface area contributed by atoms with Crippen LogP contribution in [0.25, 0.3) is 0 Å². The predicted molar refractivity (Wildman–Crippen MR) is 111 cm³/mol. The zero-order valence-electron chi connectivity index (χ0n) is 17.8. The Morgan fingerprint density at radius 3 is 2.80 bits per heavy atom. The molecule has 7 nitrogen and oxygen atoms in total. The molecular formula is C23H27NO6. The average molecular weight is 413 g/mol. The van der Waals surface area contributed by atoms with Gasteiger partial charge in [-0.15, -0.1) is 0 Å². The second-order valence-electron chi connectivity index (χ2n) is 7.62. The van der Waals surface area contributed by atoms with Gasteiger partial charge in [-0.25, -0.2) is 0 Å². The summed E-state index contributed by atoms with van der Waals surface area (Å²) in [7, 11) is 5.25. The molecule has 4 rings (SSSR count). The second kappa shape index (κ2) is 8.53. The largest absolute Gasteiger partial charge is 0.492 e. The summed E-state index contributed by atoms with van der Waals surface area (Å²) in [5, 5.41) is 0. The summed E-state index contributed by atoms with van der Waals surface area (Å²) in [5.41, 5.74) is 3.72. The summed E-state index contributed by atoms with van der Waals surface area (Å²) in [6, 6.07) is 7.42. The van der Waals surface area contributed by atoms with Gasteiger partial charge in [0.05, 0.1) is 7.11 Å². The van der Waals surface area contributed by atoms with E-state index in [1.807, 2.05) is 32.2 Å². The normalized spacial score (nSPS) is 17.5. The number of ketones is 1. The third-order valence-corrected chi connectivity index (χ3v) is 5.75. The fraction of sp³-hybridized carbons (Fsp3) is 0.435. The molecule has 2 aromatic rings. The fourth-order valence-electron chi connectivity index (χ4n) is 4.18. The Bertz CT molecular complexity index is 957. The molecule has 1 atom stereocenters. The van der Waals surface area contributed by atoms with E-state index < -0.39 is 0 Å². The Labute approximate surface area is 176 Å². The summed E-state index contributed by atoms with van der Waals surface area (Å²) < 4.78 is 27.4. The van der Waals surface area contributed by atoms with E-state index in [1.54, 1.807) is 20.3 Å². The number of hydrogen-bond donors (Lipinski definition) is 0. The number of rotatable bonds is 7. The number of carbonyl (C=O) groups is 1. The lowest BCUT2D eigenvalue weighted by Gasteiger charge is -2.35. The number of nitrogens with zero attached hydrogens (tertiary/aromatic N) is 1. The predicted octanol–water partition coefficient (Wildman–Crippen LogP) is 3.52. The van der Waals surface area contributed by atoms with E-state index in [2.05, 4.69) is 4.90 Å². The number of Topliss-reactive ketones (excluding diaryl/α,β-unsaturated/α-hetero) is 1. The number of hydrogen-bond acceptors (Lipinski definition) is 7. The highest BCUT2D eigenvalue weighted by Crippen LogP contribution is 2.50. The van der Waals surface area contributed by atoms with E-state index in [1.165, 1.54) is 0 Å². The molecule has 0 saturated carbocycles. The maximum atomic E-state index is 13.2. The van der Waals surface area contributed by atoms with Crippen LogP contribution >= 0.6 is 0 Å². The van der Waals surface area contributed by atoms with Gasteiger partial charge in [-0.2, -0.15) is 0 Å². The standard InChI is InChI=1S/C23H27NO6/c1-14-9-15(5-6-19(14)28-12-26-3)18(25)11-17-21-16(7-8-24(17)2)10-20-22(23(21)27-4)30-13-29-20/h5-6,9-10,17H,7-8,11-13H2,1-4H3. The van der Waals surface area contributed by atoms with Crippen LogP contribution < -0.4 is 18.9 Å². The van der Waals surface area contributed by atoms with Crippen LogP contribution in [-0.2, 0) is 11.2 Å².